The summed E-state index contributed by atoms with van der Waals surface area (Å²) in [6, 6.07) is 5.48. The van der Waals surface area contributed by atoms with E-state index in [2.05, 4.69) is 15.6 Å². The minimum Gasteiger partial charge on any atom is -0.371 e. The van der Waals surface area contributed by atoms with Gasteiger partial charge in [-0.15, -0.1) is 0 Å². The lowest BCUT2D eigenvalue weighted by Crippen LogP contribution is -2.11. The molecule has 21 heavy (non-hydrogen) atoms. The van der Waals surface area contributed by atoms with Crippen LogP contribution in [0.4, 0.5) is 20.4 Å². The zero-order valence-electron chi connectivity index (χ0n) is 11.3. The number of halogens is 4. The maximum Gasteiger partial charge on any atom is 0.168 e. The summed E-state index contributed by atoms with van der Waals surface area (Å²) in [5, 5.41) is 6.40. The van der Waals surface area contributed by atoms with Crippen LogP contribution >= 0.6 is 23.2 Å². The highest BCUT2D eigenvalue weighted by atomic mass is 35.5. The summed E-state index contributed by atoms with van der Waals surface area (Å²) in [6.45, 7) is 1.79. The number of pyridine rings is 1. The first-order valence-electron chi connectivity index (χ1n) is 6.17. The highest BCUT2D eigenvalue weighted by Gasteiger charge is 2.15. The fraction of sp³-hybridized carbons (Fsp3) is 0.214. The van der Waals surface area contributed by atoms with Gasteiger partial charge < -0.3 is 10.6 Å². The van der Waals surface area contributed by atoms with Crippen molar-refractivity contribution in [3.8, 4) is 0 Å². The molecule has 1 aromatic heterocycles. The summed E-state index contributed by atoms with van der Waals surface area (Å²) in [5.41, 5.74) is 0.734. The molecule has 1 unspecified atom stereocenters. The molecule has 0 fully saturated rings. The molecular formula is C14H13Cl2F2N3. The molecule has 0 amide bonds. The Hall–Kier alpha value is -1.59. The molecule has 0 spiro atoms. The molecule has 0 aliphatic carbocycles. The van der Waals surface area contributed by atoms with Gasteiger partial charge in [-0.1, -0.05) is 29.3 Å². The van der Waals surface area contributed by atoms with Crippen LogP contribution in [0.5, 0.6) is 0 Å². The van der Waals surface area contributed by atoms with Crippen molar-refractivity contribution in [3.05, 3.63) is 51.5 Å². The molecule has 2 N–H and O–H groups in total. The molecule has 1 atom stereocenters. The number of hydrogen-bond donors (Lipinski definition) is 2. The van der Waals surface area contributed by atoms with Crippen LogP contribution in [0.2, 0.25) is 10.0 Å². The summed E-state index contributed by atoms with van der Waals surface area (Å²) in [4.78, 5) is 3.86. The Labute approximate surface area is 131 Å². The van der Waals surface area contributed by atoms with Gasteiger partial charge in [0.2, 0.25) is 0 Å². The number of rotatable bonds is 4. The van der Waals surface area contributed by atoms with Crippen LogP contribution in [0, 0.1) is 11.6 Å². The van der Waals surface area contributed by atoms with Crippen molar-refractivity contribution in [2.75, 3.05) is 17.7 Å². The summed E-state index contributed by atoms with van der Waals surface area (Å²) < 4.78 is 27.1. The van der Waals surface area contributed by atoms with Gasteiger partial charge in [-0.3, -0.25) is 0 Å². The van der Waals surface area contributed by atoms with Crippen molar-refractivity contribution in [2.45, 2.75) is 13.0 Å². The van der Waals surface area contributed by atoms with E-state index in [1.807, 2.05) is 0 Å². The third-order valence-corrected chi connectivity index (χ3v) is 3.51. The van der Waals surface area contributed by atoms with Crippen LogP contribution in [-0.2, 0) is 0 Å². The van der Waals surface area contributed by atoms with Gasteiger partial charge in [0.05, 0.1) is 6.04 Å². The molecule has 0 aliphatic heterocycles. The van der Waals surface area contributed by atoms with E-state index in [1.165, 1.54) is 7.05 Å². The zero-order valence-corrected chi connectivity index (χ0v) is 12.9. The summed E-state index contributed by atoms with van der Waals surface area (Å²) in [6.07, 6.45) is 0. The van der Waals surface area contributed by atoms with Crippen molar-refractivity contribution in [2.24, 2.45) is 0 Å². The second-order valence-electron chi connectivity index (χ2n) is 4.43. The molecule has 0 aliphatic rings. The third kappa shape index (κ3) is 3.54. The Morgan fingerprint density at radius 3 is 2.38 bits per heavy atom. The normalized spacial score (nSPS) is 12.1. The molecular weight excluding hydrogens is 319 g/mol. The van der Waals surface area contributed by atoms with Crippen molar-refractivity contribution in [1.82, 2.24) is 4.98 Å². The quantitative estimate of drug-likeness (QED) is 0.838. The van der Waals surface area contributed by atoms with E-state index in [1.54, 1.807) is 25.1 Å². The lowest BCUT2D eigenvalue weighted by molar-refractivity contribution is 0.577. The topological polar surface area (TPSA) is 37.0 Å². The van der Waals surface area contributed by atoms with Crippen LogP contribution in [0.3, 0.4) is 0 Å². The van der Waals surface area contributed by atoms with E-state index in [-0.39, 0.29) is 17.7 Å². The maximum atomic E-state index is 13.8. The summed E-state index contributed by atoms with van der Waals surface area (Å²) >= 11 is 11.9. The monoisotopic (exact) mass is 331 g/mol. The molecule has 112 valence electrons. The Balaban J connectivity index is 2.29. The van der Waals surface area contributed by atoms with Gasteiger partial charge in [-0.2, -0.15) is 0 Å². The fourth-order valence-corrected chi connectivity index (χ4v) is 2.45. The second-order valence-corrected chi connectivity index (χ2v) is 5.27. The van der Waals surface area contributed by atoms with Crippen molar-refractivity contribution in [1.29, 1.82) is 0 Å². The van der Waals surface area contributed by atoms with E-state index in [9.17, 15) is 8.78 Å². The Kier molecular flexibility index (Phi) is 4.85. The van der Waals surface area contributed by atoms with Gasteiger partial charge in [0.15, 0.2) is 23.3 Å². The largest absolute Gasteiger partial charge is 0.371 e. The lowest BCUT2D eigenvalue weighted by Gasteiger charge is -2.17. The molecule has 0 radical (unpaired) electrons. The van der Waals surface area contributed by atoms with Gasteiger partial charge in [0, 0.05) is 23.2 Å². The number of anilines is 2. The maximum absolute atomic E-state index is 13.8. The molecule has 1 heterocycles. The molecule has 0 bridgehead atoms. The van der Waals surface area contributed by atoms with Gasteiger partial charge in [0.1, 0.15) is 0 Å². The SMILES string of the molecule is CNc1nc(NC(C)c2ccc(Cl)cc2Cl)c(F)cc1F. The van der Waals surface area contributed by atoms with Gasteiger partial charge in [-0.05, 0) is 24.6 Å². The van der Waals surface area contributed by atoms with E-state index < -0.39 is 11.6 Å². The van der Waals surface area contributed by atoms with E-state index >= 15 is 0 Å². The molecule has 2 aromatic rings. The summed E-state index contributed by atoms with van der Waals surface area (Å²) in [7, 11) is 1.51. The third-order valence-electron chi connectivity index (χ3n) is 2.95. The average Bonchev–Trinajstić information content (AvgIpc) is 2.41. The van der Waals surface area contributed by atoms with Crippen molar-refractivity contribution >= 4 is 34.8 Å². The van der Waals surface area contributed by atoms with E-state index in [4.69, 9.17) is 23.2 Å². The number of hydrogen-bond acceptors (Lipinski definition) is 3. The molecule has 7 heteroatoms. The molecule has 1 aromatic carbocycles. The highest BCUT2D eigenvalue weighted by Crippen LogP contribution is 2.29. The Morgan fingerprint density at radius 2 is 1.76 bits per heavy atom. The van der Waals surface area contributed by atoms with Crippen LogP contribution in [-0.4, -0.2) is 12.0 Å². The minimum absolute atomic E-state index is 0.0340. The predicted octanol–water partition coefficient (Wildman–Crippen LogP) is 4.88. The van der Waals surface area contributed by atoms with Gasteiger partial charge in [0.25, 0.3) is 0 Å². The Morgan fingerprint density at radius 1 is 1.10 bits per heavy atom. The van der Waals surface area contributed by atoms with Crippen LogP contribution in [0.1, 0.15) is 18.5 Å². The molecule has 3 nitrogen and oxygen atoms in total. The number of benzene rings is 1. The number of nitrogens with one attached hydrogen (secondary N) is 2. The first-order valence-corrected chi connectivity index (χ1v) is 6.93. The van der Waals surface area contributed by atoms with Gasteiger partial charge in [-0.25, -0.2) is 13.8 Å². The lowest BCUT2D eigenvalue weighted by atomic mass is 10.1. The first kappa shape index (κ1) is 15.8. The minimum atomic E-state index is -0.775. The fourth-order valence-electron chi connectivity index (χ4n) is 1.88. The molecule has 0 saturated carbocycles. The van der Waals surface area contributed by atoms with Crippen LogP contribution < -0.4 is 10.6 Å². The Bertz CT molecular complexity index is 665. The van der Waals surface area contributed by atoms with Gasteiger partial charge >= 0.3 is 0 Å². The smallest absolute Gasteiger partial charge is 0.168 e. The number of aromatic nitrogens is 1. The molecule has 2 rings (SSSR count). The molecule has 0 saturated heterocycles. The van der Waals surface area contributed by atoms with Crippen molar-refractivity contribution < 1.29 is 8.78 Å². The van der Waals surface area contributed by atoms with Crippen molar-refractivity contribution in [3.63, 3.8) is 0 Å². The first-order chi connectivity index (χ1) is 9.92. The van der Waals surface area contributed by atoms with E-state index in [0.29, 0.717) is 10.0 Å². The standard InChI is InChI=1S/C14H13Cl2F2N3/c1-7(9-4-3-8(15)5-10(9)16)20-14-12(18)6-11(17)13(19-2)21-14/h3-7H,1-2H3,(H2,19,20,21). The number of nitrogens with zero attached hydrogens (tertiary/aromatic N) is 1. The zero-order chi connectivity index (χ0) is 15.6. The second kappa shape index (κ2) is 6.45. The van der Waals surface area contributed by atoms with Crippen LogP contribution in [0.25, 0.3) is 0 Å². The van der Waals surface area contributed by atoms with E-state index in [0.717, 1.165) is 11.6 Å². The summed E-state index contributed by atoms with van der Waals surface area (Å²) in [5.74, 6) is -1.62. The highest BCUT2D eigenvalue weighted by molar-refractivity contribution is 6.35. The average molecular weight is 332 g/mol. The van der Waals surface area contributed by atoms with Crippen LogP contribution in [0.15, 0.2) is 24.3 Å². The predicted molar refractivity (Wildman–Crippen MR) is 82.2 cm³/mol.